The van der Waals surface area contributed by atoms with Crippen molar-refractivity contribution in [1.82, 2.24) is 0 Å². The summed E-state index contributed by atoms with van der Waals surface area (Å²) in [6, 6.07) is 0. The van der Waals surface area contributed by atoms with Gasteiger partial charge in [-0.3, -0.25) is 0 Å². The van der Waals surface area contributed by atoms with Crippen molar-refractivity contribution in [1.29, 1.82) is 0 Å². The van der Waals surface area contributed by atoms with Gasteiger partial charge < -0.3 is 4.74 Å². The summed E-state index contributed by atoms with van der Waals surface area (Å²) in [6.07, 6.45) is 10.6. The molecule has 2 heteroatoms. The van der Waals surface area contributed by atoms with Crippen molar-refractivity contribution in [3.8, 4) is 0 Å². The van der Waals surface area contributed by atoms with Crippen LogP contribution in [0.1, 0.15) is 34.1 Å². The fourth-order valence-corrected chi connectivity index (χ4v) is 1.77. The zero-order valence-corrected chi connectivity index (χ0v) is 11.1. The number of carbonyl (C=O) groups excluding carboxylic acids is 1. The molecule has 1 aliphatic rings. The van der Waals surface area contributed by atoms with Crippen LogP contribution in [0.2, 0.25) is 0 Å². The largest absolute Gasteiger partial charge is 0.454 e. The molecular formula is C15H22O2. The summed E-state index contributed by atoms with van der Waals surface area (Å²) in [4.78, 5) is 11.2. The van der Waals surface area contributed by atoms with Crippen LogP contribution in [0.25, 0.3) is 0 Å². The van der Waals surface area contributed by atoms with Crippen LogP contribution in [-0.2, 0) is 9.53 Å². The molecule has 0 N–H and O–H groups in total. The van der Waals surface area contributed by atoms with Gasteiger partial charge in [0.25, 0.3) is 0 Å². The SMILES string of the molecule is CCC(=C/C(C)C)/C=C/[C@@H]1OC(=O)C=C[C@@H]1C. The first kappa shape index (κ1) is 13.8. The highest BCUT2D eigenvalue weighted by molar-refractivity contribution is 5.83. The van der Waals surface area contributed by atoms with Crippen molar-refractivity contribution >= 4 is 5.97 Å². The van der Waals surface area contributed by atoms with Gasteiger partial charge in [-0.2, -0.15) is 0 Å². The van der Waals surface area contributed by atoms with Gasteiger partial charge in [-0.25, -0.2) is 4.79 Å². The molecule has 2 nitrogen and oxygen atoms in total. The molecule has 0 fully saturated rings. The van der Waals surface area contributed by atoms with Crippen LogP contribution >= 0.6 is 0 Å². The third-order valence-corrected chi connectivity index (χ3v) is 2.76. The maximum absolute atomic E-state index is 11.2. The second-order valence-electron chi connectivity index (χ2n) is 4.82. The third-order valence-electron chi connectivity index (χ3n) is 2.76. The van der Waals surface area contributed by atoms with Gasteiger partial charge in [0.1, 0.15) is 6.10 Å². The Balaban J connectivity index is 2.69. The number of hydrogen-bond acceptors (Lipinski definition) is 2. The highest BCUT2D eigenvalue weighted by Gasteiger charge is 2.20. The molecular weight excluding hydrogens is 212 g/mol. The highest BCUT2D eigenvalue weighted by Crippen LogP contribution is 2.18. The Morgan fingerprint density at radius 2 is 2.24 bits per heavy atom. The van der Waals surface area contributed by atoms with Gasteiger partial charge in [0.15, 0.2) is 0 Å². The molecule has 0 amide bonds. The Hall–Kier alpha value is -1.31. The van der Waals surface area contributed by atoms with E-state index in [1.807, 2.05) is 12.2 Å². The number of ether oxygens (including phenoxy) is 1. The predicted molar refractivity (Wildman–Crippen MR) is 70.5 cm³/mol. The molecule has 94 valence electrons. The average molecular weight is 234 g/mol. The fourth-order valence-electron chi connectivity index (χ4n) is 1.77. The third kappa shape index (κ3) is 4.59. The average Bonchev–Trinajstić information content (AvgIpc) is 2.28. The van der Waals surface area contributed by atoms with Crippen molar-refractivity contribution < 1.29 is 9.53 Å². The number of rotatable bonds is 4. The Labute approximate surface area is 104 Å². The fraction of sp³-hybridized carbons (Fsp3) is 0.533. The number of cyclic esters (lactones) is 1. The summed E-state index contributed by atoms with van der Waals surface area (Å²) in [5, 5.41) is 0. The van der Waals surface area contributed by atoms with E-state index in [-0.39, 0.29) is 18.0 Å². The lowest BCUT2D eigenvalue weighted by Gasteiger charge is -2.21. The van der Waals surface area contributed by atoms with E-state index in [0.29, 0.717) is 5.92 Å². The van der Waals surface area contributed by atoms with E-state index >= 15 is 0 Å². The number of esters is 1. The highest BCUT2D eigenvalue weighted by atomic mass is 16.5. The van der Waals surface area contributed by atoms with Gasteiger partial charge >= 0.3 is 5.97 Å². The van der Waals surface area contributed by atoms with Crippen LogP contribution in [0.3, 0.4) is 0 Å². The van der Waals surface area contributed by atoms with Gasteiger partial charge in [-0.15, -0.1) is 0 Å². The molecule has 1 rings (SSSR count). The van der Waals surface area contributed by atoms with E-state index in [1.165, 1.54) is 11.6 Å². The quantitative estimate of drug-likeness (QED) is 0.548. The van der Waals surface area contributed by atoms with Gasteiger partial charge in [-0.1, -0.05) is 51.5 Å². The molecule has 0 saturated carbocycles. The van der Waals surface area contributed by atoms with E-state index in [1.54, 1.807) is 0 Å². The van der Waals surface area contributed by atoms with Gasteiger partial charge in [0.05, 0.1) is 0 Å². The summed E-state index contributed by atoms with van der Waals surface area (Å²) >= 11 is 0. The van der Waals surface area contributed by atoms with Crippen LogP contribution in [0.5, 0.6) is 0 Å². The van der Waals surface area contributed by atoms with Crippen LogP contribution in [0.4, 0.5) is 0 Å². The number of allylic oxidation sites excluding steroid dienone is 3. The monoisotopic (exact) mass is 234 g/mol. The topological polar surface area (TPSA) is 26.3 Å². The molecule has 0 aromatic rings. The van der Waals surface area contributed by atoms with E-state index in [0.717, 1.165) is 6.42 Å². The van der Waals surface area contributed by atoms with E-state index in [9.17, 15) is 4.79 Å². The molecule has 2 atom stereocenters. The Morgan fingerprint density at radius 1 is 1.53 bits per heavy atom. The van der Waals surface area contributed by atoms with Gasteiger partial charge in [-0.05, 0) is 18.4 Å². The first-order valence-electron chi connectivity index (χ1n) is 6.30. The van der Waals surface area contributed by atoms with Crippen LogP contribution < -0.4 is 0 Å². The van der Waals surface area contributed by atoms with Crippen molar-refractivity contribution in [3.05, 3.63) is 36.0 Å². The maximum Gasteiger partial charge on any atom is 0.331 e. The lowest BCUT2D eigenvalue weighted by Crippen LogP contribution is -2.25. The molecule has 0 aromatic heterocycles. The molecule has 0 radical (unpaired) electrons. The second kappa shape index (κ2) is 6.43. The molecule has 1 heterocycles. The first-order chi connectivity index (χ1) is 8.02. The zero-order chi connectivity index (χ0) is 12.8. The van der Waals surface area contributed by atoms with Gasteiger partial charge in [0, 0.05) is 12.0 Å². The smallest absolute Gasteiger partial charge is 0.331 e. The molecule has 1 aliphatic heterocycles. The standard InChI is InChI=1S/C15H22O2/c1-5-13(10-11(2)3)7-8-14-12(4)6-9-15(16)17-14/h6-12,14H,5H2,1-4H3/b8-7+,13-10-/t12-,14-/m0/s1. The number of hydrogen-bond donors (Lipinski definition) is 0. The van der Waals surface area contributed by atoms with E-state index in [4.69, 9.17) is 4.74 Å². The van der Waals surface area contributed by atoms with E-state index in [2.05, 4.69) is 39.8 Å². The molecule has 0 spiro atoms. The molecule has 0 aliphatic carbocycles. The van der Waals surface area contributed by atoms with Crippen molar-refractivity contribution in [2.45, 2.75) is 40.2 Å². The van der Waals surface area contributed by atoms with Crippen LogP contribution in [-0.4, -0.2) is 12.1 Å². The van der Waals surface area contributed by atoms with Crippen molar-refractivity contribution in [2.75, 3.05) is 0 Å². The predicted octanol–water partition coefficient (Wildman–Crippen LogP) is 3.65. The Morgan fingerprint density at radius 3 is 2.82 bits per heavy atom. The molecule has 0 unspecified atom stereocenters. The summed E-state index contributed by atoms with van der Waals surface area (Å²) < 4.78 is 5.26. The Bertz CT molecular complexity index is 348. The lowest BCUT2D eigenvalue weighted by atomic mass is 9.99. The lowest BCUT2D eigenvalue weighted by molar-refractivity contribution is -0.143. The minimum atomic E-state index is -0.247. The summed E-state index contributed by atoms with van der Waals surface area (Å²) in [7, 11) is 0. The molecule has 0 bridgehead atoms. The normalized spacial score (nSPS) is 25.7. The zero-order valence-electron chi connectivity index (χ0n) is 11.1. The van der Waals surface area contributed by atoms with Gasteiger partial charge in [0.2, 0.25) is 0 Å². The first-order valence-corrected chi connectivity index (χ1v) is 6.30. The van der Waals surface area contributed by atoms with E-state index < -0.39 is 0 Å². The summed E-state index contributed by atoms with van der Waals surface area (Å²) in [5.74, 6) is 0.547. The minimum Gasteiger partial charge on any atom is -0.454 e. The maximum atomic E-state index is 11.2. The summed E-state index contributed by atoms with van der Waals surface area (Å²) in [5.41, 5.74) is 1.29. The molecule has 0 aromatic carbocycles. The van der Waals surface area contributed by atoms with Crippen LogP contribution in [0, 0.1) is 11.8 Å². The van der Waals surface area contributed by atoms with Crippen LogP contribution in [0.15, 0.2) is 36.0 Å². The molecule has 17 heavy (non-hydrogen) atoms. The minimum absolute atomic E-state index is 0.130. The number of carbonyl (C=O) groups is 1. The Kier molecular flexibility index (Phi) is 5.20. The molecule has 0 saturated heterocycles. The van der Waals surface area contributed by atoms with Crippen molar-refractivity contribution in [3.63, 3.8) is 0 Å². The summed E-state index contributed by atoms with van der Waals surface area (Å²) in [6.45, 7) is 8.51. The second-order valence-corrected chi connectivity index (χ2v) is 4.82. The van der Waals surface area contributed by atoms with Crippen molar-refractivity contribution in [2.24, 2.45) is 11.8 Å².